The molecule has 1 saturated heterocycles. The van der Waals surface area contributed by atoms with E-state index in [4.69, 9.17) is 9.47 Å². The average Bonchev–Trinajstić information content (AvgIpc) is 3.03. The monoisotopic (exact) mass is 641 g/mol. The molecule has 1 aliphatic heterocycles. The third-order valence-electron chi connectivity index (χ3n) is 8.50. The average molecular weight is 642 g/mol. The minimum atomic E-state index is -1.56. The third kappa shape index (κ3) is 19.8. The van der Waals surface area contributed by atoms with Gasteiger partial charge in [-0.25, -0.2) is 0 Å². The van der Waals surface area contributed by atoms with E-state index in [-0.39, 0.29) is 18.9 Å². The molecule has 1 rings (SSSR count). The zero-order chi connectivity index (χ0) is 33.1. The summed E-state index contributed by atoms with van der Waals surface area (Å²) < 4.78 is 11.0. The molecule has 1 amide bonds. The number of hydrogen-bond acceptors (Lipinski definition) is 8. The molecule has 0 saturated carbocycles. The number of ether oxygens (including phenoxy) is 2. The maximum absolute atomic E-state index is 12.2. The molecule has 0 aromatic heterocycles. The van der Waals surface area contributed by atoms with Crippen LogP contribution in [0.2, 0.25) is 0 Å². The van der Waals surface area contributed by atoms with Crippen molar-refractivity contribution in [2.45, 2.75) is 185 Å². The van der Waals surface area contributed by atoms with Crippen LogP contribution in [-0.2, 0) is 14.3 Å². The minimum absolute atomic E-state index is 0.206. The Balaban J connectivity index is 2.21. The van der Waals surface area contributed by atoms with Crippen LogP contribution in [0.1, 0.15) is 142 Å². The molecule has 0 radical (unpaired) electrons. The van der Waals surface area contributed by atoms with Gasteiger partial charge in [-0.05, 0) is 32.1 Å². The van der Waals surface area contributed by atoms with Crippen LogP contribution in [0.5, 0.6) is 0 Å². The third-order valence-corrected chi connectivity index (χ3v) is 8.50. The van der Waals surface area contributed by atoms with Crippen LogP contribution in [0.15, 0.2) is 24.3 Å². The molecule has 45 heavy (non-hydrogen) atoms. The van der Waals surface area contributed by atoms with Gasteiger partial charge in [-0.3, -0.25) is 4.79 Å². The molecule has 0 aromatic rings. The molecule has 6 N–H and O–H groups in total. The van der Waals surface area contributed by atoms with Gasteiger partial charge in [0, 0.05) is 6.42 Å². The molecule has 7 unspecified atom stereocenters. The van der Waals surface area contributed by atoms with Crippen LogP contribution in [0, 0.1) is 0 Å². The van der Waals surface area contributed by atoms with Crippen molar-refractivity contribution in [2.75, 3.05) is 13.2 Å². The van der Waals surface area contributed by atoms with Crippen molar-refractivity contribution in [2.24, 2.45) is 0 Å². The fraction of sp³-hybridized carbons (Fsp3) is 0.861. The second-order valence-electron chi connectivity index (χ2n) is 12.7. The number of nitrogens with one attached hydrogen (secondary N) is 1. The van der Waals surface area contributed by atoms with Crippen LogP contribution in [0.4, 0.5) is 0 Å². The molecule has 0 aromatic carbocycles. The molecule has 1 aliphatic rings. The van der Waals surface area contributed by atoms with Crippen molar-refractivity contribution >= 4 is 5.91 Å². The molecule has 1 heterocycles. The molecule has 0 spiro atoms. The summed E-state index contributed by atoms with van der Waals surface area (Å²) in [5.41, 5.74) is 0. The topological polar surface area (TPSA) is 149 Å². The van der Waals surface area contributed by atoms with Gasteiger partial charge in [0.1, 0.15) is 24.4 Å². The number of aliphatic hydroxyl groups is 5. The Morgan fingerprint density at radius 3 is 1.82 bits per heavy atom. The maximum atomic E-state index is 12.2. The zero-order valence-corrected chi connectivity index (χ0v) is 28.4. The Hall–Kier alpha value is -1.33. The standard InChI is InChI=1S/C36H67NO8/c1-3-5-6-7-8-9-10-11-12-13-14-15-16-17-18-19-20-21-22-23-24-26-30(39)29(37-32(40)25-4-2)28-44-36-35(43)34(42)33(41)31(27-38)45-36/h20-21,24,26,29-31,33-36,38-39,41-43H,3-19,22-23,25,27-28H2,1-2H3,(H,37,40)/b21-20+,26-24+. The minimum Gasteiger partial charge on any atom is -0.394 e. The van der Waals surface area contributed by atoms with Crippen LogP contribution >= 0.6 is 0 Å². The van der Waals surface area contributed by atoms with Gasteiger partial charge in [0.05, 0.1) is 25.4 Å². The summed E-state index contributed by atoms with van der Waals surface area (Å²) in [5.74, 6) is -0.242. The highest BCUT2D eigenvalue weighted by Crippen LogP contribution is 2.22. The number of allylic oxidation sites excluding steroid dienone is 3. The van der Waals surface area contributed by atoms with Gasteiger partial charge in [-0.1, -0.05) is 128 Å². The number of aliphatic hydroxyl groups excluding tert-OH is 5. The lowest BCUT2D eigenvalue weighted by atomic mass is 9.99. The Morgan fingerprint density at radius 1 is 0.733 bits per heavy atom. The van der Waals surface area contributed by atoms with E-state index in [1.165, 1.54) is 96.3 Å². The second-order valence-corrected chi connectivity index (χ2v) is 12.7. The first-order chi connectivity index (χ1) is 21.8. The van der Waals surface area contributed by atoms with Crippen molar-refractivity contribution in [1.82, 2.24) is 5.32 Å². The Morgan fingerprint density at radius 2 is 1.27 bits per heavy atom. The van der Waals surface area contributed by atoms with E-state index in [0.717, 1.165) is 19.3 Å². The van der Waals surface area contributed by atoms with Crippen LogP contribution in [-0.4, -0.2) is 87.5 Å². The maximum Gasteiger partial charge on any atom is 0.220 e. The van der Waals surface area contributed by atoms with Crippen molar-refractivity contribution in [3.05, 3.63) is 24.3 Å². The predicted octanol–water partition coefficient (Wildman–Crippen LogP) is 5.60. The van der Waals surface area contributed by atoms with E-state index in [2.05, 4.69) is 24.4 Å². The molecule has 0 bridgehead atoms. The molecular weight excluding hydrogens is 574 g/mol. The van der Waals surface area contributed by atoms with Gasteiger partial charge in [-0.15, -0.1) is 0 Å². The van der Waals surface area contributed by atoms with Gasteiger partial charge in [-0.2, -0.15) is 0 Å². The van der Waals surface area contributed by atoms with Gasteiger partial charge in [0.15, 0.2) is 6.29 Å². The second kappa shape index (κ2) is 27.8. The van der Waals surface area contributed by atoms with E-state index in [9.17, 15) is 30.3 Å². The van der Waals surface area contributed by atoms with Crippen molar-refractivity contribution < 1.29 is 39.8 Å². The summed E-state index contributed by atoms with van der Waals surface area (Å²) in [6.45, 7) is 3.38. The molecule has 1 fully saturated rings. The number of carbonyl (C=O) groups excluding carboxylic acids is 1. The molecule has 0 aliphatic carbocycles. The lowest BCUT2D eigenvalue weighted by molar-refractivity contribution is -0.302. The number of carbonyl (C=O) groups is 1. The first kappa shape index (κ1) is 41.7. The predicted molar refractivity (Wildman–Crippen MR) is 180 cm³/mol. The Bertz CT molecular complexity index is 761. The van der Waals surface area contributed by atoms with Crippen molar-refractivity contribution in [1.29, 1.82) is 0 Å². The fourth-order valence-electron chi connectivity index (χ4n) is 5.57. The number of amides is 1. The van der Waals surface area contributed by atoms with Gasteiger partial charge >= 0.3 is 0 Å². The van der Waals surface area contributed by atoms with E-state index in [1.54, 1.807) is 6.08 Å². The highest BCUT2D eigenvalue weighted by atomic mass is 16.7. The zero-order valence-electron chi connectivity index (χ0n) is 28.4. The summed E-state index contributed by atoms with van der Waals surface area (Å²) in [4.78, 5) is 12.2. The van der Waals surface area contributed by atoms with Gasteiger partial charge < -0.3 is 40.3 Å². The fourth-order valence-corrected chi connectivity index (χ4v) is 5.57. The quantitative estimate of drug-likeness (QED) is 0.0478. The summed E-state index contributed by atoms with van der Waals surface area (Å²) >= 11 is 0. The smallest absolute Gasteiger partial charge is 0.220 e. The van der Waals surface area contributed by atoms with E-state index < -0.39 is 49.5 Å². The SMILES string of the molecule is CCCCCCCCCCCCCCCCC/C=C/CC/C=C/C(O)C(COC1OC(CO)C(O)C(O)C1O)NC(=O)CCC. The van der Waals surface area contributed by atoms with E-state index in [1.807, 2.05) is 13.0 Å². The number of rotatable bonds is 28. The lowest BCUT2D eigenvalue weighted by Gasteiger charge is -2.40. The largest absolute Gasteiger partial charge is 0.394 e. The molecule has 9 heteroatoms. The summed E-state index contributed by atoms with van der Waals surface area (Å²) in [7, 11) is 0. The highest BCUT2D eigenvalue weighted by Gasteiger charge is 2.44. The molecular formula is C36H67NO8. The Kier molecular flexibility index (Phi) is 25.7. The van der Waals surface area contributed by atoms with E-state index in [0.29, 0.717) is 6.42 Å². The number of hydrogen-bond donors (Lipinski definition) is 6. The summed E-state index contributed by atoms with van der Waals surface area (Å²) in [5, 5.41) is 53.0. The Labute approximate surface area is 273 Å². The first-order valence-corrected chi connectivity index (χ1v) is 18.1. The van der Waals surface area contributed by atoms with Crippen LogP contribution < -0.4 is 5.32 Å². The van der Waals surface area contributed by atoms with Crippen LogP contribution in [0.3, 0.4) is 0 Å². The van der Waals surface area contributed by atoms with Gasteiger partial charge in [0.25, 0.3) is 0 Å². The number of unbranched alkanes of at least 4 members (excludes halogenated alkanes) is 16. The van der Waals surface area contributed by atoms with Crippen molar-refractivity contribution in [3.63, 3.8) is 0 Å². The summed E-state index contributed by atoms with van der Waals surface area (Å²) in [6, 6.07) is -0.812. The van der Waals surface area contributed by atoms with E-state index >= 15 is 0 Å². The molecule has 264 valence electrons. The lowest BCUT2D eigenvalue weighted by Crippen LogP contribution is -2.60. The first-order valence-electron chi connectivity index (χ1n) is 18.1. The molecule has 9 nitrogen and oxygen atoms in total. The highest BCUT2D eigenvalue weighted by molar-refractivity contribution is 5.76. The summed E-state index contributed by atoms with van der Waals surface area (Å²) in [6.07, 6.45) is 24.0. The van der Waals surface area contributed by atoms with Crippen molar-refractivity contribution in [3.8, 4) is 0 Å². The molecule has 7 atom stereocenters. The van der Waals surface area contributed by atoms with Crippen LogP contribution in [0.25, 0.3) is 0 Å². The normalized spacial score (nSPS) is 23.6. The van der Waals surface area contributed by atoms with Gasteiger partial charge in [0.2, 0.25) is 5.91 Å².